The van der Waals surface area contributed by atoms with Crippen molar-refractivity contribution in [1.29, 1.82) is 0 Å². The molecule has 6 nitrogen and oxygen atoms in total. The Bertz CT molecular complexity index is 852. The average Bonchev–Trinajstić information content (AvgIpc) is 3.10. The van der Waals surface area contributed by atoms with E-state index in [0.29, 0.717) is 17.7 Å². The van der Waals surface area contributed by atoms with Crippen LogP contribution in [-0.4, -0.2) is 34.5 Å². The monoisotopic (exact) mass is 351 g/mol. The Morgan fingerprint density at radius 3 is 2.77 bits per heavy atom. The number of fused-ring (bicyclic) bond motifs is 2. The van der Waals surface area contributed by atoms with E-state index in [2.05, 4.69) is 11.0 Å². The van der Waals surface area contributed by atoms with Crippen molar-refractivity contribution in [2.45, 2.75) is 32.0 Å². The molecule has 6 heteroatoms. The third-order valence-electron chi connectivity index (χ3n) is 5.26. The van der Waals surface area contributed by atoms with Gasteiger partial charge in [-0.2, -0.15) is 0 Å². The molecule has 2 N–H and O–H groups in total. The van der Waals surface area contributed by atoms with Gasteiger partial charge in [-0.25, -0.2) is 5.48 Å². The fraction of sp³-hybridized carbons (Fsp3) is 0.300. The van der Waals surface area contributed by atoms with Gasteiger partial charge in [0.1, 0.15) is 0 Å². The molecule has 4 rings (SSSR count). The van der Waals surface area contributed by atoms with Crippen molar-refractivity contribution in [3.05, 3.63) is 65.2 Å². The Balaban J connectivity index is 1.75. The van der Waals surface area contributed by atoms with Crippen LogP contribution >= 0.6 is 0 Å². The van der Waals surface area contributed by atoms with E-state index in [0.717, 1.165) is 37.2 Å². The molecule has 2 aromatic rings. The molecule has 0 unspecified atom stereocenters. The molecule has 2 heterocycles. The van der Waals surface area contributed by atoms with E-state index < -0.39 is 5.91 Å². The van der Waals surface area contributed by atoms with Crippen molar-refractivity contribution < 1.29 is 14.8 Å². The van der Waals surface area contributed by atoms with Gasteiger partial charge in [0.05, 0.1) is 12.6 Å². The number of rotatable bonds is 3. The predicted octanol–water partition coefficient (Wildman–Crippen LogP) is 2.32. The number of hydroxylamine groups is 1. The van der Waals surface area contributed by atoms with Crippen LogP contribution in [0.5, 0.6) is 0 Å². The van der Waals surface area contributed by atoms with Crippen LogP contribution in [0.1, 0.15) is 34.3 Å². The number of para-hydroxylation sites is 1. The number of hydrogen-bond acceptors (Lipinski definition) is 4. The maximum absolute atomic E-state index is 13.3. The van der Waals surface area contributed by atoms with Crippen LogP contribution in [0, 0.1) is 0 Å². The number of nitrogens with zero attached hydrogens (tertiary/aromatic N) is 2. The largest absolute Gasteiger partial charge is 0.306 e. The first-order valence-electron chi connectivity index (χ1n) is 8.84. The van der Waals surface area contributed by atoms with Crippen LogP contribution < -0.4 is 10.4 Å². The van der Waals surface area contributed by atoms with E-state index >= 15 is 0 Å². The first-order chi connectivity index (χ1) is 12.7. The lowest BCUT2D eigenvalue weighted by atomic mass is 10.0. The van der Waals surface area contributed by atoms with Gasteiger partial charge in [0.2, 0.25) is 5.91 Å². The molecule has 0 aliphatic carbocycles. The first kappa shape index (κ1) is 16.8. The van der Waals surface area contributed by atoms with Crippen LogP contribution in [0.2, 0.25) is 0 Å². The average molecular weight is 351 g/mol. The number of nitrogens with one attached hydrogen (secondary N) is 1. The second kappa shape index (κ2) is 6.90. The van der Waals surface area contributed by atoms with Gasteiger partial charge in [0.15, 0.2) is 0 Å². The Kier molecular flexibility index (Phi) is 4.44. The minimum absolute atomic E-state index is 0.0756. The molecule has 2 aliphatic rings. The van der Waals surface area contributed by atoms with Crippen molar-refractivity contribution in [2.75, 3.05) is 11.4 Å². The summed E-state index contributed by atoms with van der Waals surface area (Å²) in [5.74, 6) is -0.495. The smallest absolute Gasteiger partial charge is 0.274 e. The van der Waals surface area contributed by atoms with E-state index in [9.17, 15) is 9.59 Å². The fourth-order valence-electron chi connectivity index (χ4n) is 3.99. The van der Waals surface area contributed by atoms with Gasteiger partial charge in [0, 0.05) is 17.8 Å². The molecule has 1 atom stereocenters. The zero-order valence-electron chi connectivity index (χ0n) is 14.4. The number of hydrogen-bond donors (Lipinski definition) is 2. The van der Waals surface area contributed by atoms with Gasteiger partial charge < -0.3 is 4.90 Å². The highest BCUT2D eigenvalue weighted by atomic mass is 16.5. The lowest BCUT2D eigenvalue weighted by molar-refractivity contribution is -0.122. The van der Waals surface area contributed by atoms with E-state index in [1.807, 2.05) is 30.3 Å². The molecule has 2 aliphatic heterocycles. The molecule has 0 radical (unpaired) electrons. The number of benzene rings is 2. The maximum atomic E-state index is 13.3. The highest BCUT2D eigenvalue weighted by molar-refractivity contribution is 6.00. The molecule has 2 aromatic carbocycles. The van der Waals surface area contributed by atoms with Crippen molar-refractivity contribution >= 4 is 17.5 Å². The zero-order chi connectivity index (χ0) is 18.1. The SMILES string of the molecule is O=C(NO)c1ccccc1CN1C(=O)[C@@H]2CCCN2Cc2ccccc21. The van der Waals surface area contributed by atoms with Crippen LogP contribution in [0.25, 0.3) is 0 Å². The highest BCUT2D eigenvalue weighted by Gasteiger charge is 2.38. The summed E-state index contributed by atoms with van der Waals surface area (Å²) in [5, 5.41) is 9.01. The summed E-state index contributed by atoms with van der Waals surface area (Å²) >= 11 is 0. The van der Waals surface area contributed by atoms with Gasteiger partial charge in [-0.3, -0.25) is 19.7 Å². The molecule has 1 fully saturated rings. The summed E-state index contributed by atoms with van der Waals surface area (Å²) in [6, 6.07) is 14.9. The minimum atomic E-state index is -0.571. The summed E-state index contributed by atoms with van der Waals surface area (Å²) in [4.78, 5) is 29.3. The molecule has 26 heavy (non-hydrogen) atoms. The van der Waals surface area contributed by atoms with E-state index in [1.54, 1.807) is 22.5 Å². The molecular weight excluding hydrogens is 330 g/mol. The molecule has 2 amide bonds. The zero-order valence-corrected chi connectivity index (χ0v) is 14.4. The number of carbonyl (C=O) groups is 2. The summed E-state index contributed by atoms with van der Waals surface area (Å²) < 4.78 is 0. The summed E-state index contributed by atoms with van der Waals surface area (Å²) in [7, 11) is 0. The van der Waals surface area contributed by atoms with Crippen molar-refractivity contribution in [3.8, 4) is 0 Å². The fourth-order valence-corrected chi connectivity index (χ4v) is 3.99. The molecule has 0 saturated carbocycles. The maximum Gasteiger partial charge on any atom is 0.274 e. The molecule has 0 aromatic heterocycles. The van der Waals surface area contributed by atoms with Gasteiger partial charge in [-0.05, 0) is 42.6 Å². The molecule has 134 valence electrons. The predicted molar refractivity (Wildman–Crippen MR) is 96.8 cm³/mol. The Hall–Kier alpha value is -2.70. The van der Waals surface area contributed by atoms with E-state index in [-0.39, 0.29) is 11.9 Å². The minimum Gasteiger partial charge on any atom is -0.306 e. The van der Waals surface area contributed by atoms with Gasteiger partial charge >= 0.3 is 0 Å². The van der Waals surface area contributed by atoms with E-state index in [4.69, 9.17) is 5.21 Å². The topological polar surface area (TPSA) is 72.9 Å². The molecular formula is C20H21N3O3. The Morgan fingerprint density at radius 1 is 1.15 bits per heavy atom. The van der Waals surface area contributed by atoms with Crippen LogP contribution in [0.15, 0.2) is 48.5 Å². The molecule has 1 saturated heterocycles. The summed E-state index contributed by atoms with van der Waals surface area (Å²) in [6.07, 6.45) is 1.89. The highest BCUT2D eigenvalue weighted by Crippen LogP contribution is 2.33. The first-order valence-corrected chi connectivity index (χ1v) is 8.84. The van der Waals surface area contributed by atoms with Crippen molar-refractivity contribution in [1.82, 2.24) is 10.4 Å². The normalized spacial score (nSPS) is 19.7. The summed E-state index contributed by atoms with van der Waals surface area (Å²) in [6.45, 7) is 1.99. The summed E-state index contributed by atoms with van der Waals surface area (Å²) in [5.41, 5.74) is 4.77. The molecule has 0 bridgehead atoms. The third kappa shape index (κ3) is 2.87. The van der Waals surface area contributed by atoms with Crippen LogP contribution in [-0.2, 0) is 17.9 Å². The standard InChI is InChI=1S/C20H21N3O3/c24-19(21-26)16-8-3-1-6-14(16)13-23-17-9-4-2-7-15(17)12-22-11-5-10-18(22)20(23)25/h1-4,6-9,18,26H,5,10-13H2,(H,21,24)/t18-/m0/s1. The number of amides is 2. The van der Waals surface area contributed by atoms with Crippen LogP contribution in [0.4, 0.5) is 5.69 Å². The van der Waals surface area contributed by atoms with Gasteiger partial charge in [0.25, 0.3) is 5.91 Å². The lowest BCUT2D eigenvalue weighted by Gasteiger charge is -2.26. The molecule has 0 spiro atoms. The Morgan fingerprint density at radius 2 is 1.92 bits per heavy atom. The van der Waals surface area contributed by atoms with Gasteiger partial charge in [-0.1, -0.05) is 36.4 Å². The Labute approximate surface area is 152 Å². The van der Waals surface area contributed by atoms with Crippen molar-refractivity contribution in [3.63, 3.8) is 0 Å². The van der Waals surface area contributed by atoms with Crippen molar-refractivity contribution in [2.24, 2.45) is 0 Å². The number of anilines is 1. The lowest BCUT2D eigenvalue weighted by Crippen LogP contribution is -2.43. The quantitative estimate of drug-likeness (QED) is 0.657. The van der Waals surface area contributed by atoms with Gasteiger partial charge in [-0.15, -0.1) is 0 Å². The second-order valence-electron chi connectivity index (χ2n) is 6.78. The van der Waals surface area contributed by atoms with E-state index in [1.165, 1.54) is 0 Å². The third-order valence-corrected chi connectivity index (χ3v) is 5.26. The van der Waals surface area contributed by atoms with Crippen LogP contribution in [0.3, 0.4) is 0 Å². The second-order valence-corrected chi connectivity index (χ2v) is 6.78. The number of carbonyl (C=O) groups excluding carboxylic acids is 2.